The van der Waals surface area contributed by atoms with E-state index in [9.17, 15) is 15.3 Å². The number of nitrogens with zero attached hydrogens (tertiary/aromatic N) is 1. The molecule has 0 fully saturated rings. The van der Waals surface area contributed by atoms with Crippen LogP contribution in [0.3, 0.4) is 0 Å². The number of aromatic hydroxyl groups is 2. The van der Waals surface area contributed by atoms with Crippen molar-refractivity contribution in [1.82, 2.24) is 4.90 Å². The van der Waals surface area contributed by atoms with Crippen LogP contribution in [0.2, 0.25) is 0 Å². The highest BCUT2D eigenvalue weighted by atomic mass is 16.5. The van der Waals surface area contributed by atoms with Crippen molar-refractivity contribution in [2.24, 2.45) is 0 Å². The van der Waals surface area contributed by atoms with Crippen LogP contribution in [0, 0.1) is 0 Å². The Morgan fingerprint density at radius 2 is 1.76 bits per heavy atom. The summed E-state index contributed by atoms with van der Waals surface area (Å²) in [6.45, 7) is 3.17. The van der Waals surface area contributed by atoms with Gasteiger partial charge in [0.2, 0.25) is 0 Å². The fourth-order valence-electron chi connectivity index (χ4n) is 2.87. The van der Waals surface area contributed by atoms with E-state index in [4.69, 9.17) is 4.74 Å². The third-order valence-electron chi connectivity index (χ3n) is 4.59. The molecule has 5 heteroatoms. The molecular formula is C20H27NO4. The fourth-order valence-corrected chi connectivity index (χ4v) is 2.87. The summed E-state index contributed by atoms with van der Waals surface area (Å²) in [5, 5.41) is 29.9. The third-order valence-corrected chi connectivity index (χ3v) is 4.59. The summed E-state index contributed by atoms with van der Waals surface area (Å²) >= 11 is 0. The summed E-state index contributed by atoms with van der Waals surface area (Å²) < 4.78 is 5.21. The van der Waals surface area contributed by atoms with Crippen molar-refractivity contribution in [1.29, 1.82) is 0 Å². The van der Waals surface area contributed by atoms with Gasteiger partial charge in [0.05, 0.1) is 12.7 Å². The SMILES string of the molecule is COCc1ccc(O)cc1CCN(C)[C@@H](C)[C@H](O)c1cccc(O)c1. The molecule has 0 amide bonds. The summed E-state index contributed by atoms with van der Waals surface area (Å²) in [7, 11) is 3.60. The lowest BCUT2D eigenvalue weighted by Gasteiger charge is -2.29. The van der Waals surface area contributed by atoms with Crippen molar-refractivity contribution in [3.05, 3.63) is 59.2 Å². The first-order chi connectivity index (χ1) is 11.9. The molecular weight excluding hydrogens is 318 g/mol. The summed E-state index contributed by atoms with van der Waals surface area (Å²) in [6, 6.07) is 11.9. The Bertz CT molecular complexity index is 689. The Hall–Kier alpha value is -2.08. The molecule has 136 valence electrons. The molecule has 0 heterocycles. The predicted octanol–water partition coefficient (Wildman–Crippen LogP) is 2.84. The van der Waals surface area contributed by atoms with Gasteiger partial charge in [-0.1, -0.05) is 18.2 Å². The van der Waals surface area contributed by atoms with Crippen molar-refractivity contribution in [3.8, 4) is 11.5 Å². The Kier molecular flexibility index (Phi) is 6.82. The van der Waals surface area contributed by atoms with E-state index in [0.717, 1.165) is 24.1 Å². The largest absolute Gasteiger partial charge is 0.508 e. The van der Waals surface area contributed by atoms with Gasteiger partial charge in [0.25, 0.3) is 0 Å². The van der Waals surface area contributed by atoms with Gasteiger partial charge in [0.1, 0.15) is 11.5 Å². The van der Waals surface area contributed by atoms with E-state index in [1.54, 1.807) is 43.5 Å². The number of hydrogen-bond acceptors (Lipinski definition) is 5. The Balaban J connectivity index is 2.02. The lowest BCUT2D eigenvalue weighted by Crippen LogP contribution is -2.35. The summed E-state index contributed by atoms with van der Waals surface area (Å²) in [5.41, 5.74) is 2.78. The minimum atomic E-state index is -0.695. The summed E-state index contributed by atoms with van der Waals surface area (Å²) in [6.07, 6.45) is 0.0421. The van der Waals surface area contributed by atoms with Crippen LogP contribution < -0.4 is 0 Å². The smallest absolute Gasteiger partial charge is 0.115 e. The van der Waals surface area contributed by atoms with Gasteiger partial charge in [-0.05, 0) is 61.3 Å². The minimum Gasteiger partial charge on any atom is -0.508 e. The molecule has 0 aromatic heterocycles. The number of methoxy groups -OCH3 is 1. The minimum absolute atomic E-state index is 0.120. The van der Waals surface area contributed by atoms with Crippen molar-refractivity contribution in [2.45, 2.75) is 32.1 Å². The maximum atomic E-state index is 10.6. The van der Waals surface area contributed by atoms with Crippen LogP contribution in [0.25, 0.3) is 0 Å². The zero-order valence-corrected chi connectivity index (χ0v) is 15.0. The normalized spacial score (nSPS) is 13.8. The third kappa shape index (κ3) is 5.19. The molecule has 5 nitrogen and oxygen atoms in total. The van der Waals surface area contributed by atoms with Gasteiger partial charge in [0.15, 0.2) is 0 Å². The number of hydrogen-bond donors (Lipinski definition) is 3. The highest BCUT2D eigenvalue weighted by Gasteiger charge is 2.21. The van der Waals surface area contributed by atoms with Gasteiger partial charge < -0.3 is 25.0 Å². The van der Waals surface area contributed by atoms with Crippen molar-refractivity contribution >= 4 is 0 Å². The van der Waals surface area contributed by atoms with Gasteiger partial charge >= 0.3 is 0 Å². The average molecular weight is 345 g/mol. The number of benzene rings is 2. The predicted molar refractivity (Wildman–Crippen MR) is 97.7 cm³/mol. The lowest BCUT2D eigenvalue weighted by atomic mass is 10.0. The highest BCUT2D eigenvalue weighted by Crippen LogP contribution is 2.24. The number of ether oxygens (including phenoxy) is 1. The first-order valence-electron chi connectivity index (χ1n) is 8.39. The van der Waals surface area contributed by atoms with E-state index >= 15 is 0 Å². The van der Waals surface area contributed by atoms with E-state index in [-0.39, 0.29) is 17.5 Å². The Labute approximate surface area is 149 Å². The van der Waals surface area contributed by atoms with Crippen LogP contribution in [0.5, 0.6) is 11.5 Å². The highest BCUT2D eigenvalue weighted by molar-refractivity contribution is 5.35. The molecule has 0 saturated heterocycles. The van der Waals surface area contributed by atoms with E-state index in [2.05, 4.69) is 4.90 Å². The number of phenols is 2. The maximum absolute atomic E-state index is 10.6. The van der Waals surface area contributed by atoms with Gasteiger partial charge in [0, 0.05) is 19.7 Å². The molecule has 0 aliphatic rings. The topological polar surface area (TPSA) is 73.2 Å². The lowest BCUT2D eigenvalue weighted by molar-refractivity contribution is 0.0729. The first kappa shape index (κ1) is 19.2. The average Bonchev–Trinajstić information content (AvgIpc) is 2.60. The molecule has 0 aliphatic heterocycles. The monoisotopic (exact) mass is 345 g/mol. The molecule has 0 saturated carbocycles. The number of aliphatic hydroxyl groups is 1. The van der Waals surface area contributed by atoms with E-state index in [1.165, 1.54) is 0 Å². The first-order valence-corrected chi connectivity index (χ1v) is 8.39. The van der Waals surface area contributed by atoms with Crippen LogP contribution in [0.15, 0.2) is 42.5 Å². The second-order valence-electron chi connectivity index (χ2n) is 6.40. The Morgan fingerprint density at radius 1 is 1.04 bits per heavy atom. The van der Waals surface area contributed by atoms with E-state index in [1.807, 2.05) is 20.0 Å². The van der Waals surface area contributed by atoms with Gasteiger partial charge in [-0.15, -0.1) is 0 Å². The number of phenolic OH excluding ortho intramolecular Hbond substituents is 2. The van der Waals surface area contributed by atoms with Gasteiger partial charge in [-0.3, -0.25) is 0 Å². The van der Waals surface area contributed by atoms with Crippen LogP contribution in [0.4, 0.5) is 0 Å². The fraction of sp³-hybridized carbons (Fsp3) is 0.400. The standard InChI is InChI=1S/C20H27NO4/c1-14(20(24)16-5-4-6-18(22)12-16)21(2)10-9-15-11-19(23)8-7-17(15)13-25-3/h4-8,11-12,14,20,22-24H,9-10,13H2,1-3H3/t14-,20-/m0/s1. The maximum Gasteiger partial charge on any atom is 0.115 e. The van der Waals surface area contributed by atoms with Crippen LogP contribution in [0.1, 0.15) is 29.7 Å². The second-order valence-corrected chi connectivity index (χ2v) is 6.40. The zero-order valence-electron chi connectivity index (χ0n) is 15.0. The number of aliphatic hydroxyl groups excluding tert-OH is 1. The molecule has 0 bridgehead atoms. The number of rotatable bonds is 8. The van der Waals surface area contributed by atoms with Crippen LogP contribution in [-0.4, -0.2) is 47.0 Å². The van der Waals surface area contributed by atoms with E-state index in [0.29, 0.717) is 12.2 Å². The molecule has 0 unspecified atom stereocenters. The summed E-state index contributed by atoms with van der Waals surface area (Å²) in [5.74, 6) is 0.390. The number of likely N-dealkylation sites (N-methyl/N-ethyl adjacent to an activating group) is 1. The zero-order chi connectivity index (χ0) is 18.4. The van der Waals surface area contributed by atoms with Crippen molar-refractivity contribution in [2.75, 3.05) is 20.7 Å². The molecule has 2 aromatic rings. The van der Waals surface area contributed by atoms with Crippen LogP contribution >= 0.6 is 0 Å². The van der Waals surface area contributed by atoms with Crippen molar-refractivity contribution < 1.29 is 20.1 Å². The molecule has 3 N–H and O–H groups in total. The molecule has 0 spiro atoms. The Morgan fingerprint density at radius 3 is 2.44 bits per heavy atom. The molecule has 25 heavy (non-hydrogen) atoms. The van der Waals surface area contributed by atoms with E-state index < -0.39 is 6.10 Å². The van der Waals surface area contributed by atoms with Crippen molar-refractivity contribution in [3.63, 3.8) is 0 Å². The van der Waals surface area contributed by atoms with Crippen LogP contribution in [-0.2, 0) is 17.8 Å². The quantitative estimate of drug-likeness (QED) is 0.686. The van der Waals surface area contributed by atoms with Gasteiger partial charge in [-0.2, -0.15) is 0 Å². The molecule has 0 aliphatic carbocycles. The second kappa shape index (κ2) is 8.85. The molecule has 0 radical (unpaired) electrons. The molecule has 2 aromatic carbocycles. The van der Waals surface area contributed by atoms with Gasteiger partial charge in [-0.25, -0.2) is 0 Å². The molecule has 2 atom stereocenters. The molecule has 2 rings (SSSR count). The summed E-state index contributed by atoms with van der Waals surface area (Å²) in [4.78, 5) is 2.06.